The highest BCUT2D eigenvalue weighted by molar-refractivity contribution is 5.94. The van der Waals surface area contributed by atoms with Crippen LogP contribution in [0.15, 0.2) is 31.2 Å². The summed E-state index contributed by atoms with van der Waals surface area (Å²) >= 11 is 0. The number of alkyl halides is 1. The Morgan fingerprint density at radius 1 is 1.52 bits per heavy atom. The Kier molecular flexibility index (Phi) is 5.53. The molecule has 4 heterocycles. The van der Waals surface area contributed by atoms with E-state index >= 15 is 0 Å². The second kappa shape index (κ2) is 8.43. The van der Waals surface area contributed by atoms with Crippen LogP contribution in [0.5, 0.6) is 0 Å². The molecule has 1 unspecified atom stereocenters. The zero-order valence-corrected chi connectivity index (χ0v) is 17.0. The smallest absolute Gasteiger partial charge is 0.246 e. The van der Waals surface area contributed by atoms with Crippen molar-refractivity contribution >= 4 is 34.4 Å². The Labute approximate surface area is 177 Å². The van der Waals surface area contributed by atoms with Gasteiger partial charge in [0.05, 0.1) is 28.9 Å². The molecule has 0 radical (unpaired) electrons. The normalized spacial score (nSPS) is 18.5. The van der Waals surface area contributed by atoms with Crippen LogP contribution in [0.4, 0.5) is 21.8 Å². The van der Waals surface area contributed by atoms with Crippen molar-refractivity contribution in [2.24, 2.45) is 0 Å². The fourth-order valence-electron chi connectivity index (χ4n) is 3.58. The molecule has 31 heavy (non-hydrogen) atoms. The molecule has 0 aliphatic carbocycles. The molecule has 1 aliphatic rings. The lowest BCUT2D eigenvalue weighted by Gasteiger charge is -2.35. The summed E-state index contributed by atoms with van der Waals surface area (Å²) in [4.78, 5) is 25.4. The largest absolute Gasteiger partial charge is 0.362 e. The zero-order valence-electron chi connectivity index (χ0n) is 17.0. The quantitative estimate of drug-likeness (QED) is 0.519. The van der Waals surface area contributed by atoms with E-state index in [4.69, 9.17) is 0 Å². The first kappa shape index (κ1) is 20.3. The van der Waals surface area contributed by atoms with Crippen molar-refractivity contribution in [1.82, 2.24) is 29.6 Å². The fourth-order valence-corrected chi connectivity index (χ4v) is 3.58. The minimum atomic E-state index is -1.18. The van der Waals surface area contributed by atoms with E-state index in [1.54, 1.807) is 15.8 Å². The van der Waals surface area contributed by atoms with E-state index in [2.05, 4.69) is 43.3 Å². The minimum Gasteiger partial charge on any atom is -0.362 e. The summed E-state index contributed by atoms with van der Waals surface area (Å²) in [5.74, 6) is 0.331. The van der Waals surface area contributed by atoms with E-state index in [1.807, 2.05) is 13.1 Å². The van der Waals surface area contributed by atoms with Crippen LogP contribution in [0.25, 0.3) is 11.0 Å². The van der Waals surface area contributed by atoms with E-state index in [0.29, 0.717) is 34.6 Å². The molecule has 10 nitrogen and oxygen atoms in total. The molecule has 0 saturated carbocycles. The Balaban J connectivity index is 1.67. The van der Waals surface area contributed by atoms with E-state index in [0.717, 1.165) is 6.54 Å². The van der Waals surface area contributed by atoms with Crippen LogP contribution in [-0.4, -0.2) is 60.8 Å². The van der Waals surface area contributed by atoms with Crippen LogP contribution in [0.3, 0.4) is 0 Å². The maximum Gasteiger partial charge on any atom is 0.246 e. The van der Waals surface area contributed by atoms with Crippen molar-refractivity contribution < 1.29 is 9.18 Å². The van der Waals surface area contributed by atoms with Gasteiger partial charge in [0, 0.05) is 32.0 Å². The molecule has 11 heteroatoms. The molecule has 4 rings (SSSR count). The van der Waals surface area contributed by atoms with Gasteiger partial charge >= 0.3 is 0 Å². The molecular formula is C20H22FN9O. The number of carbonyl (C=O) groups is 1. The standard InChI is InChI=1S/C20H22FN9O/c1-3-16(31)29-6-5-14(21)15(11-29)26-19-17-12(7-22)8-23-18(17)27-20(28-19)25-13-9-24-30(4-2)10-13/h3,8-10,14-15H,1,4-6,11H2,2H3,(H3,23,25,26,27,28)/t14-,15?/m1/s1. The summed E-state index contributed by atoms with van der Waals surface area (Å²) in [5, 5.41) is 20.3. The van der Waals surface area contributed by atoms with Gasteiger partial charge in [-0.15, -0.1) is 0 Å². The van der Waals surface area contributed by atoms with Crippen LogP contribution < -0.4 is 10.6 Å². The number of rotatable bonds is 6. The number of carbonyl (C=O) groups excluding carboxylic acids is 1. The lowest BCUT2D eigenvalue weighted by atomic mass is 10.0. The summed E-state index contributed by atoms with van der Waals surface area (Å²) in [6.07, 6.45) is 5.24. The van der Waals surface area contributed by atoms with E-state index < -0.39 is 12.2 Å². The third-order valence-electron chi connectivity index (χ3n) is 5.20. The number of fused-ring (bicyclic) bond motifs is 1. The number of hydrogen-bond acceptors (Lipinski definition) is 7. The highest BCUT2D eigenvalue weighted by atomic mass is 19.1. The molecule has 0 bridgehead atoms. The second-order valence-corrected chi connectivity index (χ2v) is 7.19. The number of nitriles is 1. The molecule has 160 valence electrons. The van der Waals surface area contributed by atoms with Gasteiger partial charge in [-0.2, -0.15) is 20.3 Å². The second-order valence-electron chi connectivity index (χ2n) is 7.19. The van der Waals surface area contributed by atoms with Crippen LogP contribution in [0, 0.1) is 11.3 Å². The number of aryl methyl sites for hydroxylation is 1. The molecule has 0 spiro atoms. The Hall–Kier alpha value is -3.94. The first-order valence-corrected chi connectivity index (χ1v) is 9.93. The van der Waals surface area contributed by atoms with Gasteiger partial charge in [-0.3, -0.25) is 9.48 Å². The molecule has 1 amide bonds. The van der Waals surface area contributed by atoms with Crippen molar-refractivity contribution in [3.8, 4) is 6.07 Å². The number of halogens is 1. The molecule has 1 fully saturated rings. The lowest BCUT2D eigenvalue weighted by Crippen LogP contribution is -2.50. The molecular weight excluding hydrogens is 401 g/mol. The van der Waals surface area contributed by atoms with Crippen molar-refractivity contribution in [3.05, 3.63) is 36.8 Å². The number of piperidine rings is 1. The predicted octanol–water partition coefficient (Wildman–Crippen LogP) is 2.33. The Bertz CT molecular complexity index is 1160. The minimum absolute atomic E-state index is 0.163. The monoisotopic (exact) mass is 423 g/mol. The molecule has 2 atom stereocenters. The highest BCUT2D eigenvalue weighted by Crippen LogP contribution is 2.28. The summed E-state index contributed by atoms with van der Waals surface area (Å²) in [5.41, 5.74) is 1.47. The molecule has 0 aromatic carbocycles. The van der Waals surface area contributed by atoms with Gasteiger partial charge in [-0.05, 0) is 19.4 Å². The van der Waals surface area contributed by atoms with Gasteiger partial charge in [0.2, 0.25) is 11.9 Å². The number of aromatic amines is 1. The van der Waals surface area contributed by atoms with Gasteiger partial charge in [-0.25, -0.2) is 4.39 Å². The lowest BCUT2D eigenvalue weighted by molar-refractivity contribution is -0.127. The van der Waals surface area contributed by atoms with E-state index in [1.165, 1.54) is 12.3 Å². The molecule has 3 aromatic rings. The van der Waals surface area contributed by atoms with Gasteiger partial charge in [0.25, 0.3) is 0 Å². The van der Waals surface area contributed by atoms with E-state index in [-0.39, 0.29) is 24.8 Å². The summed E-state index contributed by atoms with van der Waals surface area (Å²) in [7, 11) is 0. The number of H-pyrrole nitrogens is 1. The topological polar surface area (TPSA) is 128 Å². The number of nitrogens with zero attached hydrogens (tertiary/aromatic N) is 6. The maximum atomic E-state index is 14.7. The fraction of sp³-hybridized carbons (Fsp3) is 0.350. The molecule has 3 aromatic heterocycles. The van der Waals surface area contributed by atoms with Crippen LogP contribution in [0.2, 0.25) is 0 Å². The average molecular weight is 423 g/mol. The van der Waals surface area contributed by atoms with Gasteiger partial charge in [0.1, 0.15) is 23.7 Å². The molecule has 3 N–H and O–H groups in total. The van der Waals surface area contributed by atoms with Crippen molar-refractivity contribution in [2.45, 2.75) is 32.1 Å². The van der Waals surface area contributed by atoms with E-state index in [9.17, 15) is 14.4 Å². The number of anilines is 3. The number of likely N-dealkylation sites (tertiary alicyclic amines) is 1. The van der Waals surface area contributed by atoms with Gasteiger partial charge < -0.3 is 20.5 Å². The SMILES string of the molecule is C=CC(=O)N1CC[C@@H](F)C(Nc2nc(Nc3cnn(CC)c3)nc3[nH]cc(C#N)c23)C1. The third-order valence-corrected chi connectivity index (χ3v) is 5.20. The Morgan fingerprint density at radius 3 is 3.06 bits per heavy atom. The number of aromatic nitrogens is 5. The maximum absolute atomic E-state index is 14.7. The third kappa shape index (κ3) is 4.05. The Morgan fingerprint density at radius 2 is 2.35 bits per heavy atom. The first-order valence-electron chi connectivity index (χ1n) is 9.93. The van der Waals surface area contributed by atoms with Crippen molar-refractivity contribution in [2.75, 3.05) is 23.7 Å². The summed E-state index contributed by atoms with van der Waals surface area (Å²) < 4.78 is 16.5. The van der Waals surface area contributed by atoms with Crippen molar-refractivity contribution in [1.29, 1.82) is 5.26 Å². The average Bonchev–Trinajstić information content (AvgIpc) is 3.41. The van der Waals surface area contributed by atoms with Crippen LogP contribution >= 0.6 is 0 Å². The zero-order chi connectivity index (χ0) is 22.0. The highest BCUT2D eigenvalue weighted by Gasteiger charge is 2.32. The van der Waals surface area contributed by atoms with Crippen LogP contribution in [0.1, 0.15) is 18.9 Å². The van der Waals surface area contributed by atoms with Gasteiger partial charge in [0.15, 0.2) is 0 Å². The van der Waals surface area contributed by atoms with Crippen molar-refractivity contribution in [3.63, 3.8) is 0 Å². The van der Waals surface area contributed by atoms with Crippen LogP contribution in [-0.2, 0) is 11.3 Å². The summed E-state index contributed by atoms with van der Waals surface area (Å²) in [6, 6.07) is 1.41. The molecule has 1 aliphatic heterocycles. The number of amides is 1. The number of nitrogens with one attached hydrogen (secondary N) is 3. The number of hydrogen-bond donors (Lipinski definition) is 3. The summed E-state index contributed by atoms with van der Waals surface area (Å²) in [6.45, 7) is 6.68. The van der Waals surface area contributed by atoms with Gasteiger partial charge in [-0.1, -0.05) is 6.58 Å². The predicted molar refractivity (Wildman–Crippen MR) is 113 cm³/mol. The first-order chi connectivity index (χ1) is 15.0. The molecule has 1 saturated heterocycles.